The number of carbonyl (C=O) groups is 1. The number of phenolic OH excluding ortho intramolecular Hbond substituents is 1. The van der Waals surface area contributed by atoms with Gasteiger partial charge in [-0.05, 0) is 12.1 Å². The molecule has 0 aliphatic heterocycles. The van der Waals surface area contributed by atoms with Gasteiger partial charge < -0.3 is 15.4 Å². The Morgan fingerprint density at radius 2 is 2.08 bits per heavy atom. The average Bonchev–Trinajstić information content (AvgIpc) is 2.57. The number of benzene rings is 1. The Kier molecular flexibility index (Phi) is 4.48. The Balaban J connectivity index is 1.82. The molecule has 1 aromatic carbocycles. The Hall–Kier alpha value is -3.56. The smallest absolute Gasteiger partial charge is 0.329 e. The number of aromatic nitrogens is 3. The number of amides is 1. The molecular weight excluding hydrogens is 350 g/mol. The van der Waals surface area contributed by atoms with Crippen molar-refractivity contribution in [3.05, 3.63) is 68.6 Å². The summed E-state index contributed by atoms with van der Waals surface area (Å²) in [6.45, 7) is -1.00. The maximum Gasteiger partial charge on any atom is 0.329 e. The van der Waals surface area contributed by atoms with E-state index >= 15 is 0 Å². The van der Waals surface area contributed by atoms with Gasteiger partial charge in [-0.15, -0.1) is 0 Å². The van der Waals surface area contributed by atoms with Gasteiger partial charge in [0.2, 0.25) is 5.91 Å². The van der Waals surface area contributed by atoms with Gasteiger partial charge in [0.25, 0.3) is 5.56 Å². The summed E-state index contributed by atoms with van der Waals surface area (Å²) < 4.78 is 26.9. The highest BCUT2D eigenvalue weighted by Gasteiger charge is 2.14. The second-order valence-corrected chi connectivity index (χ2v) is 5.38. The fraction of sp³-hybridized carbons (Fsp3) is 0.125. The number of aromatic amines is 1. The van der Waals surface area contributed by atoms with E-state index in [4.69, 9.17) is 0 Å². The van der Waals surface area contributed by atoms with Crippen molar-refractivity contribution in [1.29, 1.82) is 0 Å². The number of fused-ring (bicyclic) bond motifs is 1. The number of pyridine rings is 1. The molecule has 2 heterocycles. The first-order valence-corrected chi connectivity index (χ1v) is 7.38. The number of aromatic hydroxyl groups is 1. The topological polar surface area (TPSA) is 117 Å². The summed E-state index contributed by atoms with van der Waals surface area (Å²) in [5.41, 5.74) is -1.75. The Labute approximate surface area is 143 Å². The van der Waals surface area contributed by atoms with Gasteiger partial charge >= 0.3 is 5.69 Å². The second-order valence-electron chi connectivity index (χ2n) is 5.38. The number of nitrogens with zero attached hydrogens (tertiary/aromatic N) is 2. The number of phenols is 1. The van der Waals surface area contributed by atoms with Crippen LogP contribution in [0.3, 0.4) is 0 Å². The lowest BCUT2D eigenvalue weighted by Crippen LogP contribution is -2.40. The third-order valence-electron chi connectivity index (χ3n) is 3.63. The molecule has 0 saturated carbocycles. The standard InChI is InChI=1S/C16H12F2N4O4/c17-8-4-9(18)11(19-5-8)6-20-13(24)7-22-15(25)14-10(21-16(22)26)2-1-3-12(14)23/h1-5,23H,6-7H2,(H,20,24)(H,21,26). The van der Waals surface area contributed by atoms with E-state index in [1.807, 2.05) is 0 Å². The summed E-state index contributed by atoms with van der Waals surface area (Å²) >= 11 is 0. The van der Waals surface area contributed by atoms with E-state index in [1.165, 1.54) is 18.2 Å². The SMILES string of the molecule is O=C(Cn1c(=O)[nH]c2cccc(O)c2c1=O)NCc1ncc(F)cc1F. The van der Waals surface area contributed by atoms with Crippen molar-refractivity contribution >= 4 is 16.8 Å². The normalized spacial score (nSPS) is 10.8. The van der Waals surface area contributed by atoms with Crippen LogP contribution in [0.5, 0.6) is 5.75 Å². The zero-order valence-corrected chi connectivity index (χ0v) is 13.1. The summed E-state index contributed by atoms with van der Waals surface area (Å²) in [4.78, 5) is 42.2. The molecule has 0 radical (unpaired) electrons. The van der Waals surface area contributed by atoms with Crippen LogP contribution in [-0.2, 0) is 17.9 Å². The number of carbonyl (C=O) groups excluding carboxylic acids is 1. The molecule has 0 unspecified atom stereocenters. The van der Waals surface area contributed by atoms with Crippen LogP contribution in [0.15, 0.2) is 40.1 Å². The molecule has 0 saturated heterocycles. The molecule has 0 aliphatic carbocycles. The fourth-order valence-electron chi connectivity index (χ4n) is 2.38. The van der Waals surface area contributed by atoms with Gasteiger partial charge in [-0.1, -0.05) is 6.07 Å². The van der Waals surface area contributed by atoms with Crippen LogP contribution in [0, 0.1) is 11.6 Å². The fourth-order valence-corrected chi connectivity index (χ4v) is 2.38. The number of rotatable bonds is 4. The third kappa shape index (κ3) is 3.29. The lowest BCUT2D eigenvalue weighted by Gasteiger charge is -2.08. The monoisotopic (exact) mass is 362 g/mol. The molecule has 1 amide bonds. The van der Waals surface area contributed by atoms with Crippen LogP contribution in [0.2, 0.25) is 0 Å². The van der Waals surface area contributed by atoms with Crippen molar-refractivity contribution in [2.24, 2.45) is 0 Å². The first-order chi connectivity index (χ1) is 12.4. The van der Waals surface area contributed by atoms with Gasteiger partial charge in [-0.2, -0.15) is 0 Å². The molecule has 26 heavy (non-hydrogen) atoms. The first kappa shape index (κ1) is 17.3. The molecule has 0 spiro atoms. The summed E-state index contributed by atoms with van der Waals surface area (Å²) in [5.74, 6) is -2.89. The predicted molar refractivity (Wildman–Crippen MR) is 86.5 cm³/mol. The van der Waals surface area contributed by atoms with Gasteiger partial charge in [-0.25, -0.2) is 13.6 Å². The van der Waals surface area contributed by atoms with Crippen molar-refractivity contribution in [1.82, 2.24) is 19.9 Å². The van der Waals surface area contributed by atoms with Crippen LogP contribution in [0.25, 0.3) is 10.9 Å². The lowest BCUT2D eigenvalue weighted by atomic mass is 10.2. The molecule has 3 N–H and O–H groups in total. The number of hydrogen-bond acceptors (Lipinski definition) is 5. The highest BCUT2D eigenvalue weighted by Crippen LogP contribution is 2.17. The van der Waals surface area contributed by atoms with E-state index in [-0.39, 0.29) is 28.9 Å². The van der Waals surface area contributed by atoms with Gasteiger partial charge in [-0.3, -0.25) is 19.1 Å². The van der Waals surface area contributed by atoms with Gasteiger partial charge in [0.15, 0.2) is 0 Å². The van der Waals surface area contributed by atoms with Crippen molar-refractivity contribution in [3.63, 3.8) is 0 Å². The van der Waals surface area contributed by atoms with E-state index in [2.05, 4.69) is 15.3 Å². The zero-order valence-electron chi connectivity index (χ0n) is 13.1. The van der Waals surface area contributed by atoms with Crippen LogP contribution >= 0.6 is 0 Å². The highest BCUT2D eigenvalue weighted by atomic mass is 19.1. The highest BCUT2D eigenvalue weighted by molar-refractivity contribution is 5.84. The third-order valence-corrected chi connectivity index (χ3v) is 3.63. The molecule has 0 atom stereocenters. The Morgan fingerprint density at radius 3 is 2.81 bits per heavy atom. The van der Waals surface area contributed by atoms with Crippen LogP contribution in [0.1, 0.15) is 5.69 Å². The molecule has 3 rings (SSSR count). The summed E-state index contributed by atoms with van der Waals surface area (Å²) in [5, 5.41) is 11.9. The average molecular weight is 362 g/mol. The molecule has 3 aromatic rings. The number of halogens is 2. The Morgan fingerprint density at radius 1 is 1.31 bits per heavy atom. The maximum atomic E-state index is 13.5. The minimum atomic E-state index is -0.934. The molecule has 2 aromatic heterocycles. The van der Waals surface area contributed by atoms with Crippen molar-refractivity contribution in [2.75, 3.05) is 0 Å². The van der Waals surface area contributed by atoms with Crippen molar-refractivity contribution in [3.8, 4) is 5.75 Å². The molecule has 8 nitrogen and oxygen atoms in total. The number of H-pyrrole nitrogens is 1. The van der Waals surface area contributed by atoms with E-state index in [0.717, 1.165) is 6.20 Å². The summed E-state index contributed by atoms with van der Waals surface area (Å²) in [6.07, 6.45) is 0.798. The van der Waals surface area contributed by atoms with Crippen LogP contribution in [0.4, 0.5) is 8.78 Å². The number of hydrogen-bond donors (Lipinski definition) is 3. The molecule has 0 bridgehead atoms. The molecule has 10 heteroatoms. The van der Waals surface area contributed by atoms with E-state index in [1.54, 1.807) is 0 Å². The molecule has 0 fully saturated rings. The van der Waals surface area contributed by atoms with Crippen molar-refractivity contribution in [2.45, 2.75) is 13.1 Å². The quantitative estimate of drug-likeness (QED) is 0.621. The summed E-state index contributed by atoms with van der Waals surface area (Å²) in [6, 6.07) is 4.78. The van der Waals surface area contributed by atoms with Gasteiger partial charge in [0.1, 0.15) is 29.3 Å². The van der Waals surface area contributed by atoms with E-state index in [9.17, 15) is 28.3 Å². The molecule has 0 aliphatic rings. The second kappa shape index (κ2) is 6.75. The van der Waals surface area contributed by atoms with Crippen molar-refractivity contribution < 1.29 is 18.7 Å². The van der Waals surface area contributed by atoms with E-state index < -0.39 is 35.3 Å². The van der Waals surface area contributed by atoms with Gasteiger partial charge in [0.05, 0.1) is 24.0 Å². The zero-order chi connectivity index (χ0) is 18.8. The van der Waals surface area contributed by atoms with Crippen LogP contribution < -0.4 is 16.6 Å². The minimum absolute atomic E-state index is 0.133. The van der Waals surface area contributed by atoms with Crippen LogP contribution in [-0.4, -0.2) is 25.5 Å². The maximum absolute atomic E-state index is 13.5. The Bertz CT molecular complexity index is 1120. The minimum Gasteiger partial charge on any atom is -0.507 e. The van der Waals surface area contributed by atoms with Gasteiger partial charge in [0, 0.05) is 6.07 Å². The van der Waals surface area contributed by atoms with E-state index in [0.29, 0.717) is 10.6 Å². The molecular formula is C16H12F2N4O4. The summed E-state index contributed by atoms with van der Waals surface area (Å²) in [7, 11) is 0. The predicted octanol–water partition coefficient (Wildman–Crippen LogP) is 0.385. The first-order valence-electron chi connectivity index (χ1n) is 7.38. The number of nitrogens with one attached hydrogen (secondary N) is 2. The largest absolute Gasteiger partial charge is 0.507 e. The molecule has 134 valence electrons. The lowest BCUT2D eigenvalue weighted by molar-refractivity contribution is -0.121.